The molecule has 3 aromatic carbocycles. The maximum absolute atomic E-state index is 13.4. The molecular weight excluding hydrogens is 510 g/mol. The largest absolute Gasteiger partial charge is 0.457 e. The highest BCUT2D eigenvalue weighted by molar-refractivity contribution is 9.10. The third-order valence-corrected chi connectivity index (χ3v) is 6.76. The summed E-state index contributed by atoms with van der Waals surface area (Å²) in [5, 5.41) is 4.91. The molecule has 2 unspecified atom stereocenters. The molecule has 3 aromatic rings. The number of ether oxygens (including phenoxy) is 1. The van der Waals surface area contributed by atoms with Crippen molar-refractivity contribution in [2.24, 2.45) is 0 Å². The Hall–Kier alpha value is -2.61. The van der Waals surface area contributed by atoms with E-state index in [9.17, 15) is 4.79 Å². The zero-order chi connectivity index (χ0) is 20.5. The van der Waals surface area contributed by atoms with Crippen LogP contribution in [0, 0.1) is 0 Å². The fraction of sp³-hybridized carbons (Fsp3) is 0.0870. The summed E-state index contributed by atoms with van der Waals surface area (Å²) in [6, 6.07) is 21.6. The number of carbonyl (C=O) groups excluding carboxylic acids is 1. The number of fused-ring (bicyclic) bond motifs is 6. The number of amides is 1. The lowest BCUT2D eigenvalue weighted by molar-refractivity contribution is -0.165. The molecule has 0 saturated carbocycles. The quantitative estimate of drug-likeness (QED) is 0.453. The van der Waals surface area contributed by atoms with Gasteiger partial charge in [-0.1, -0.05) is 62.2 Å². The van der Waals surface area contributed by atoms with E-state index in [1.54, 1.807) is 0 Å². The average Bonchev–Trinajstić information content (AvgIpc) is 3.30. The Bertz CT molecular complexity index is 1240. The van der Waals surface area contributed by atoms with Gasteiger partial charge >= 0.3 is 0 Å². The summed E-state index contributed by atoms with van der Waals surface area (Å²) in [7, 11) is 0. The molecule has 30 heavy (non-hydrogen) atoms. The van der Waals surface area contributed by atoms with Gasteiger partial charge in [-0.05, 0) is 48.0 Å². The average molecular weight is 525 g/mol. The molecule has 1 amide bonds. The summed E-state index contributed by atoms with van der Waals surface area (Å²) in [4.78, 5) is 13.4. The summed E-state index contributed by atoms with van der Waals surface area (Å²) in [5.41, 5.74) is 6.67. The second-order valence-electron chi connectivity index (χ2n) is 7.44. The van der Waals surface area contributed by atoms with Crippen molar-refractivity contribution in [1.29, 1.82) is 0 Å². The van der Waals surface area contributed by atoms with Gasteiger partial charge in [0.2, 0.25) is 0 Å². The van der Waals surface area contributed by atoms with Crippen LogP contribution >= 0.6 is 31.9 Å². The highest BCUT2D eigenvalue weighted by Gasteiger charge is 2.60. The van der Waals surface area contributed by atoms with Crippen LogP contribution in [0.3, 0.4) is 0 Å². The predicted octanol–water partition coefficient (Wildman–Crippen LogP) is 5.31. The molecule has 0 radical (unpaired) electrons. The second-order valence-corrected chi connectivity index (χ2v) is 9.27. The number of nitrogens with one attached hydrogen (secondary N) is 2. The van der Waals surface area contributed by atoms with E-state index < -0.39 is 5.72 Å². The maximum atomic E-state index is 13.4. The van der Waals surface area contributed by atoms with Crippen LogP contribution in [0.25, 0.3) is 5.70 Å². The molecule has 3 aliphatic heterocycles. The van der Waals surface area contributed by atoms with Gasteiger partial charge in [-0.15, -0.1) is 0 Å². The number of carbonyl (C=O) groups is 1. The molecule has 148 valence electrons. The van der Waals surface area contributed by atoms with Crippen molar-refractivity contribution in [3.05, 3.63) is 98.4 Å². The molecule has 0 aliphatic carbocycles. The van der Waals surface area contributed by atoms with E-state index in [1.807, 2.05) is 71.7 Å². The summed E-state index contributed by atoms with van der Waals surface area (Å²) in [6.45, 7) is 0. The third-order valence-electron chi connectivity index (χ3n) is 5.74. The molecule has 1 spiro atoms. The highest BCUT2D eigenvalue weighted by Crippen LogP contribution is 2.53. The van der Waals surface area contributed by atoms with Gasteiger partial charge in [0, 0.05) is 20.1 Å². The van der Waals surface area contributed by atoms with E-state index >= 15 is 0 Å². The Balaban J connectivity index is 1.55. The van der Waals surface area contributed by atoms with Crippen LogP contribution in [-0.2, 0) is 10.5 Å². The third kappa shape index (κ3) is 2.46. The molecular formula is C23H15Br2N3O2. The van der Waals surface area contributed by atoms with Gasteiger partial charge in [-0.3, -0.25) is 4.79 Å². The Morgan fingerprint density at radius 2 is 1.73 bits per heavy atom. The lowest BCUT2D eigenvalue weighted by atomic mass is 9.95. The number of rotatable bonds is 1. The molecule has 6 rings (SSSR count). The number of benzene rings is 3. The van der Waals surface area contributed by atoms with Crippen molar-refractivity contribution in [3.63, 3.8) is 0 Å². The normalized spacial score (nSPS) is 23.7. The molecule has 2 N–H and O–H groups in total. The molecule has 7 heteroatoms. The minimum Gasteiger partial charge on any atom is -0.457 e. The smallest absolute Gasteiger partial charge is 0.291 e. The van der Waals surface area contributed by atoms with Crippen LogP contribution in [0.15, 0.2) is 81.8 Å². The summed E-state index contributed by atoms with van der Waals surface area (Å²) < 4.78 is 8.38. The minimum absolute atomic E-state index is 0.163. The van der Waals surface area contributed by atoms with E-state index in [0.29, 0.717) is 5.75 Å². The molecule has 0 bridgehead atoms. The Morgan fingerprint density at radius 3 is 2.57 bits per heavy atom. The van der Waals surface area contributed by atoms with E-state index in [1.165, 1.54) is 0 Å². The van der Waals surface area contributed by atoms with Gasteiger partial charge in [-0.2, -0.15) is 5.01 Å². The monoisotopic (exact) mass is 523 g/mol. The Morgan fingerprint density at radius 1 is 0.967 bits per heavy atom. The molecule has 5 nitrogen and oxygen atoms in total. The number of hydrogen-bond donors (Lipinski definition) is 2. The molecule has 0 aromatic heterocycles. The number of hydrazine groups is 1. The van der Waals surface area contributed by atoms with E-state index in [2.05, 4.69) is 48.7 Å². The topological polar surface area (TPSA) is 53.6 Å². The number of anilines is 1. The molecule has 2 atom stereocenters. The first kappa shape index (κ1) is 18.2. The van der Waals surface area contributed by atoms with Crippen LogP contribution in [0.4, 0.5) is 5.69 Å². The van der Waals surface area contributed by atoms with Crippen molar-refractivity contribution >= 4 is 49.2 Å². The van der Waals surface area contributed by atoms with Crippen molar-refractivity contribution in [2.75, 3.05) is 5.32 Å². The first-order valence-electron chi connectivity index (χ1n) is 9.49. The summed E-state index contributed by atoms with van der Waals surface area (Å²) >= 11 is 7.03. The lowest BCUT2D eigenvalue weighted by Crippen LogP contribution is -2.60. The highest BCUT2D eigenvalue weighted by atomic mass is 79.9. The van der Waals surface area contributed by atoms with E-state index in [-0.39, 0.29) is 11.9 Å². The molecule has 3 aliphatic rings. The van der Waals surface area contributed by atoms with Gasteiger partial charge in [0.1, 0.15) is 5.75 Å². The zero-order valence-electron chi connectivity index (χ0n) is 15.5. The summed E-state index contributed by atoms with van der Waals surface area (Å²) in [5.74, 6) is 0.491. The minimum atomic E-state index is -1.31. The number of halogens is 2. The van der Waals surface area contributed by atoms with Crippen molar-refractivity contribution in [2.45, 2.75) is 11.8 Å². The Kier molecular flexibility index (Phi) is 3.90. The van der Waals surface area contributed by atoms with Crippen LogP contribution in [0.2, 0.25) is 0 Å². The van der Waals surface area contributed by atoms with Crippen LogP contribution in [0.1, 0.15) is 22.7 Å². The van der Waals surface area contributed by atoms with Gasteiger partial charge in [0.25, 0.3) is 11.6 Å². The second kappa shape index (κ2) is 6.44. The number of hydrogen-bond acceptors (Lipinski definition) is 4. The van der Waals surface area contributed by atoms with Gasteiger partial charge in [0.05, 0.1) is 17.4 Å². The first-order valence-corrected chi connectivity index (χ1v) is 11.1. The van der Waals surface area contributed by atoms with Crippen LogP contribution in [0.5, 0.6) is 5.75 Å². The van der Waals surface area contributed by atoms with Gasteiger partial charge < -0.3 is 15.5 Å². The maximum Gasteiger partial charge on any atom is 0.291 e. The summed E-state index contributed by atoms with van der Waals surface area (Å²) in [6.07, 6.45) is 2.15. The van der Waals surface area contributed by atoms with Crippen molar-refractivity contribution < 1.29 is 9.53 Å². The van der Waals surface area contributed by atoms with Crippen LogP contribution in [-0.4, -0.2) is 10.9 Å². The molecule has 0 saturated heterocycles. The first-order chi connectivity index (χ1) is 14.6. The van der Waals surface area contributed by atoms with Crippen molar-refractivity contribution in [1.82, 2.24) is 10.4 Å². The van der Waals surface area contributed by atoms with E-state index in [0.717, 1.165) is 37.0 Å². The Labute approximate surface area is 190 Å². The SMILES string of the molecule is O=C1Nc2ccc(Br)cc2C12Oc1ccccc1C1C=C(c3ccc(Br)cc3)NN12. The van der Waals surface area contributed by atoms with Gasteiger partial charge in [-0.25, -0.2) is 0 Å². The van der Waals surface area contributed by atoms with Crippen LogP contribution < -0.4 is 15.5 Å². The number of para-hydroxylation sites is 1. The van der Waals surface area contributed by atoms with E-state index in [4.69, 9.17) is 4.74 Å². The van der Waals surface area contributed by atoms with Gasteiger partial charge in [0.15, 0.2) is 0 Å². The lowest BCUT2D eigenvalue weighted by Gasteiger charge is -2.44. The van der Waals surface area contributed by atoms with Crippen molar-refractivity contribution in [3.8, 4) is 5.75 Å². The standard InChI is InChI=1S/C23H15Br2N3O2/c24-14-7-5-13(6-8-14)19-12-20-16-3-1-2-4-21(16)30-23(28(20)27-19)17-11-15(25)9-10-18(17)26-22(23)29/h1-12,20,27H,(H,26,29). The molecule has 0 fully saturated rings. The molecule has 3 heterocycles. The fourth-order valence-electron chi connectivity index (χ4n) is 4.36. The predicted molar refractivity (Wildman–Crippen MR) is 121 cm³/mol. The number of nitrogens with zero attached hydrogens (tertiary/aromatic N) is 1. The zero-order valence-corrected chi connectivity index (χ0v) is 18.7. The fourth-order valence-corrected chi connectivity index (χ4v) is 4.99.